The molecule has 0 radical (unpaired) electrons. The zero-order valence-corrected chi connectivity index (χ0v) is 13.6. The van der Waals surface area contributed by atoms with Crippen LogP contribution in [0.3, 0.4) is 0 Å². The van der Waals surface area contributed by atoms with Crippen LogP contribution in [0.15, 0.2) is 0 Å². The fourth-order valence-electron chi connectivity index (χ4n) is 3.32. The van der Waals surface area contributed by atoms with Crippen LogP contribution in [-0.2, 0) is 0 Å². The van der Waals surface area contributed by atoms with Crippen LogP contribution in [0, 0.1) is 11.8 Å². The number of thiol groups is 1. The first-order chi connectivity index (χ1) is 7.84. The highest BCUT2D eigenvalue weighted by Gasteiger charge is 2.22. The summed E-state index contributed by atoms with van der Waals surface area (Å²) in [5, 5.41) is 0. The van der Waals surface area contributed by atoms with Crippen molar-refractivity contribution in [2.75, 3.05) is 0 Å². The molecule has 16 heavy (non-hydrogen) atoms. The number of hydrogen-bond acceptors (Lipinski definition) is 1. The summed E-state index contributed by atoms with van der Waals surface area (Å²) in [4.78, 5) is 0. The number of rotatable bonds is 2. The Morgan fingerprint density at radius 2 is 1.25 bits per heavy atom. The summed E-state index contributed by atoms with van der Waals surface area (Å²) in [6, 6.07) is 0. The van der Waals surface area contributed by atoms with Crippen molar-refractivity contribution in [2.45, 2.75) is 69.9 Å². The van der Waals surface area contributed by atoms with E-state index in [9.17, 15) is 0 Å². The second-order valence-electron chi connectivity index (χ2n) is 5.52. The minimum absolute atomic E-state index is 0.942. The van der Waals surface area contributed by atoms with E-state index in [0.717, 1.165) is 17.5 Å². The lowest BCUT2D eigenvalue weighted by molar-refractivity contribution is 0.247. The average Bonchev–Trinajstić information content (AvgIpc) is 2.36. The van der Waals surface area contributed by atoms with E-state index in [1.807, 2.05) is 0 Å². The van der Waals surface area contributed by atoms with Crippen LogP contribution in [0.1, 0.15) is 64.2 Å². The van der Waals surface area contributed by atoms with Crippen LogP contribution in [0.25, 0.3) is 0 Å². The van der Waals surface area contributed by atoms with Crippen LogP contribution >= 0.6 is 29.9 Å². The highest BCUT2D eigenvalue weighted by molar-refractivity contribution is 8.31. The molecule has 2 unspecified atom stereocenters. The van der Waals surface area contributed by atoms with Crippen molar-refractivity contribution in [1.82, 2.24) is 0 Å². The quantitative estimate of drug-likeness (QED) is 0.527. The van der Waals surface area contributed by atoms with Gasteiger partial charge in [0.1, 0.15) is 0 Å². The van der Waals surface area contributed by atoms with E-state index in [1.165, 1.54) is 44.9 Å². The van der Waals surface area contributed by atoms with Crippen LogP contribution in [0.5, 0.6) is 0 Å². The Labute approximate surface area is 112 Å². The Bertz CT molecular complexity index is 161. The van der Waals surface area contributed by atoms with Gasteiger partial charge in [0.25, 0.3) is 0 Å². The predicted molar refractivity (Wildman–Crippen MR) is 85.3 cm³/mol. The molecular formula is C13H28P2S. The van der Waals surface area contributed by atoms with Crippen LogP contribution in [0.2, 0.25) is 0 Å². The summed E-state index contributed by atoms with van der Waals surface area (Å²) >= 11 is 3.44. The van der Waals surface area contributed by atoms with E-state index < -0.39 is 0 Å². The van der Waals surface area contributed by atoms with Gasteiger partial charge in [0.05, 0.1) is 0 Å². The molecule has 0 amide bonds. The highest BCUT2D eigenvalue weighted by atomic mass is 32.7. The Kier molecular flexibility index (Phi) is 8.76. The van der Waals surface area contributed by atoms with E-state index in [2.05, 4.69) is 29.9 Å². The van der Waals surface area contributed by atoms with E-state index in [0.29, 0.717) is 0 Å². The smallest absolute Gasteiger partial charge is 0.0264 e. The molecule has 96 valence electrons. The maximum Gasteiger partial charge on any atom is -0.0264 e. The van der Waals surface area contributed by atoms with E-state index >= 15 is 0 Å². The molecule has 0 aromatic heterocycles. The fraction of sp³-hybridized carbons (Fsp3) is 1.00. The maximum absolute atomic E-state index is 3.44. The normalized spacial score (nSPS) is 31.7. The summed E-state index contributed by atoms with van der Waals surface area (Å²) in [5.41, 5.74) is 0.942. The van der Waals surface area contributed by atoms with Crippen molar-refractivity contribution < 1.29 is 0 Å². The molecule has 0 saturated heterocycles. The van der Waals surface area contributed by atoms with Gasteiger partial charge in [0.15, 0.2) is 0 Å². The monoisotopic (exact) mass is 278 g/mol. The zero-order chi connectivity index (χ0) is 11.8. The zero-order valence-electron chi connectivity index (χ0n) is 10.4. The third-order valence-electron chi connectivity index (χ3n) is 4.28. The van der Waals surface area contributed by atoms with Crippen molar-refractivity contribution >= 4 is 29.9 Å². The third-order valence-corrected chi connectivity index (χ3v) is 4.95. The van der Waals surface area contributed by atoms with Crippen LogP contribution in [-0.4, -0.2) is 5.66 Å². The third kappa shape index (κ3) is 5.70. The van der Waals surface area contributed by atoms with Crippen molar-refractivity contribution in [3.05, 3.63) is 0 Å². The molecule has 0 heterocycles. The molecule has 0 nitrogen and oxygen atoms in total. The lowest BCUT2D eigenvalue weighted by Gasteiger charge is -2.30. The van der Waals surface area contributed by atoms with Crippen LogP contribution < -0.4 is 0 Å². The molecule has 0 aliphatic heterocycles. The molecule has 2 aliphatic rings. The molecule has 0 N–H and O–H groups in total. The second kappa shape index (κ2) is 9.18. The lowest BCUT2D eigenvalue weighted by atomic mass is 9.77. The van der Waals surface area contributed by atoms with Crippen LogP contribution in [0.4, 0.5) is 0 Å². The molecule has 0 bridgehead atoms. The molecule has 2 rings (SSSR count). The van der Waals surface area contributed by atoms with Crippen molar-refractivity contribution in [1.29, 1.82) is 0 Å². The van der Waals surface area contributed by atoms with E-state index in [4.69, 9.17) is 0 Å². The SMILES string of the molecule is PC1CCC(CC2CCCCC2)CC1.PS. The molecule has 2 aliphatic carbocycles. The average molecular weight is 278 g/mol. The highest BCUT2D eigenvalue weighted by Crippen LogP contribution is 2.36. The Balaban J connectivity index is 0.000000606. The Morgan fingerprint density at radius 1 is 0.750 bits per heavy atom. The van der Waals surface area contributed by atoms with Crippen molar-refractivity contribution in [2.24, 2.45) is 11.8 Å². The van der Waals surface area contributed by atoms with Crippen molar-refractivity contribution in [3.63, 3.8) is 0 Å². The van der Waals surface area contributed by atoms with E-state index in [-0.39, 0.29) is 0 Å². The predicted octanol–water partition coefficient (Wildman–Crippen LogP) is 5.10. The molecule has 0 aromatic carbocycles. The molecule has 2 atom stereocenters. The van der Waals surface area contributed by atoms with E-state index in [1.54, 1.807) is 19.3 Å². The van der Waals surface area contributed by atoms with Gasteiger partial charge < -0.3 is 0 Å². The van der Waals surface area contributed by atoms with Gasteiger partial charge in [-0.3, -0.25) is 0 Å². The maximum atomic E-state index is 3.44. The minimum atomic E-state index is 0.942. The molecule has 0 spiro atoms. The van der Waals surface area contributed by atoms with Gasteiger partial charge >= 0.3 is 0 Å². The molecule has 0 aromatic rings. The van der Waals surface area contributed by atoms with Gasteiger partial charge in [0, 0.05) is 0 Å². The molecule has 3 heteroatoms. The van der Waals surface area contributed by atoms with Gasteiger partial charge in [-0.05, 0) is 49.6 Å². The lowest BCUT2D eigenvalue weighted by Crippen LogP contribution is -2.18. The van der Waals surface area contributed by atoms with Gasteiger partial charge in [-0.1, -0.05) is 40.5 Å². The second-order valence-corrected chi connectivity index (χ2v) is 6.46. The summed E-state index contributed by atoms with van der Waals surface area (Å²) in [6.07, 6.45) is 15.2. The van der Waals surface area contributed by atoms with Gasteiger partial charge in [0.2, 0.25) is 0 Å². The summed E-state index contributed by atoms with van der Waals surface area (Å²) in [6.45, 7) is 0. The Hall–Kier alpha value is 1.21. The molecule has 2 fully saturated rings. The standard InChI is InChI=1S/C13H25P.H3PS/c14-13-8-6-12(7-9-13)10-11-4-2-1-3-5-11;1-2/h11-13H,1-10,14H2;2H,1H2. The van der Waals surface area contributed by atoms with Gasteiger partial charge in [-0.2, -0.15) is 12.2 Å². The Morgan fingerprint density at radius 3 is 1.81 bits per heavy atom. The summed E-state index contributed by atoms with van der Waals surface area (Å²) in [7, 11) is 5.12. The topological polar surface area (TPSA) is 0 Å². The summed E-state index contributed by atoms with van der Waals surface area (Å²) in [5.74, 6) is 2.20. The molecule has 2 saturated carbocycles. The largest absolute Gasteiger partial charge is 0.158 e. The first-order valence-corrected chi connectivity index (χ1v) is 9.59. The molecular weight excluding hydrogens is 250 g/mol. The van der Waals surface area contributed by atoms with Gasteiger partial charge in [-0.25, -0.2) is 0 Å². The summed E-state index contributed by atoms with van der Waals surface area (Å²) < 4.78 is 0. The van der Waals surface area contributed by atoms with Gasteiger partial charge in [-0.15, -0.1) is 9.24 Å². The minimum Gasteiger partial charge on any atom is -0.158 e. The first kappa shape index (κ1) is 15.3. The van der Waals surface area contributed by atoms with Crippen molar-refractivity contribution in [3.8, 4) is 0 Å². The number of hydrogen-bond donors (Lipinski definition) is 1. The first-order valence-electron chi connectivity index (χ1n) is 6.86. The fourth-order valence-corrected chi connectivity index (χ4v) is 3.70.